The third-order valence-corrected chi connectivity index (χ3v) is 20.7. The van der Waals surface area contributed by atoms with E-state index in [0.717, 1.165) is 111 Å². The predicted octanol–water partition coefficient (Wildman–Crippen LogP) is 26.7. The smallest absolute Gasteiger partial charge is 0.160 e. The molecule has 0 aliphatic heterocycles. The molecule has 0 amide bonds. The lowest BCUT2D eigenvalue weighted by Crippen LogP contribution is -1.96. The molecule has 0 aliphatic rings. The van der Waals surface area contributed by atoms with E-state index in [1.165, 1.54) is 76.5 Å². The van der Waals surface area contributed by atoms with Gasteiger partial charge in [-0.25, -0.2) is 19.9 Å². The Kier molecular flexibility index (Phi) is 16.9. The number of para-hydroxylation sites is 2. The van der Waals surface area contributed by atoms with Gasteiger partial charge in [-0.2, -0.15) is 0 Å². The van der Waals surface area contributed by atoms with E-state index in [9.17, 15) is 0 Å². The third kappa shape index (κ3) is 12.8. The first-order valence-corrected chi connectivity index (χ1v) is 36.5. The SMILES string of the molecule is c1cc(-c2nc(-c3ccc(-c4cnc5ccccc5c4)cc3)cc(-c3ccc(-c4cccc5ccccc45)cc3)n2)cc(-c2cccc3ccccc23)c1.c1ccc(-c2ccc(-c3nc(-c4ccc(-c5cc6ccccc6c6ccccc56)cc4)ncc3-c3ccc(-c4cnc5ccccc5c4)cc3)cc2)cc1. The minimum Gasteiger partial charge on any atom is -0.256 e. The molecule has 0 aliphatic carbocycles. The van der Waals surface area contributed by atoms with Crippen LogP contribution in [0.2, 0.25) is 0 Å². The van der Waals surface area contributed by atoms with E-state index in [1.54, 1.807) is 0 Å². The molecule has 0 radical (unpaired) electrons. The molecule has 108 heavy (non-hydrogen) atoms. The Balaban J connectivity index is 0.000000147. The molecular weight excluding hydrogens is 1310 g/mol. The maximum atomic E-state index is 5.28. The number of benzene rings is 16. The molecule has 20 rings (SSSR count). The zero-order valence-electron chi connectivity index (χ0n) is 58.8. The predicted molar refractivity (Wildman–Crippen MR) is 450 cm³/mol. The summed E-state index contributed by atoms with van der Waals surface area (Å²) in [5.74, 6) is 1.38. The summed E-state index contributed by atoms with van der Waals surface area (Å²) in [5.41, 5.74) is 25.5. The molecule has 0 atom stereocenters. The topological polar surface area (TPSA) is 77.3 Å². The zero-order valence-corrected chi connectivity index (χ0v) is 58.8. The van der Waals surface area contributed by atoms with Crippen LogP contribution in [0.1, 0.15) is 0 Å². The van der Waals surface area contributed by atoms with Gasteiger partial charge in [0, 0.05) is 73.9 Å². The molecule has 16 aromatic carbocycles. The Morgan fingerprint density at radius 2 is 0.546 bits per heavy atom. The van der Waals surface area contributed by atoms with Gasteiger partial charge < -0.3 is 0 Å². The van der Waals surface area contributed by atoms with Crippen molar-refractivity contribution in [1.29, 1.82) is 0 Å². The average Bonchev–Trinajstić information content (AvgIpc) is 0.770. The summed E-state index contributed by atoms with van der Waals surface area (Å²) in [5, 5.41) is 12.2. The first-order chi connectivity index (χ1) is 53.5. The van der Waals surface area contributed by atoms with Crippen LogP contribution in [0.5, 0.6) is 0 Å². The van der Waals surface area contributed by atoms with E-state index < -0.39 is 0 Å². The van der Waals surface area contributed by atoms with E-state index in [1.807, 2.05) is 48.9 Å². The van der Waals surface area contributed by atoms with Crippen LogP contribution in [0.15, 0.2) is 401 Å². The summed E-state index contributed by atoms with van der Waals surface area (Å²) < 4.78 is 0. The highest BCUT2D eigenvalue weighted by molar-refractivity contribution is 6.14. The van der Waals surface area contributed by atoms with Crippen LogP contribution >= 0.6 is 0 Å². The molecule has 0 spiro atoms. The quantitative estimate of drug-likeness (QED) is 0.113. The van der Waals surface area contributed by atoms with Crippen molar-refractivity contribution in [1.82, 2.24) is 29.9 Å². The van der Waals surface area contributed by atoms with Gasteiger partial charge >= 0.3 is 0 Å². The van der Waals surface area contributed by atoms with Gasteiger partial charge in [-0.1, -0.05) is 340 Å². The standard InChI is InChI=1S/2C51H33N3/c1-4-17-44-35(10-1)13-8-19-46(44)37-24-28-39(29-25-37)50-32-49(38-26-22-34(23-27-38)43-31-41-12-3-6-21-48(41)52-33-43)53-51(54-50)42-16-7-15-40(30-42)47-20-9-14-36-11-2-5-18-45(36)47;1-2-10-34(11-3-1)35-20-26-39(27-21-35)50-48(38-22-18-36(19-23-38)43-30-42-13-5-9-17-49(42)52-32-43)33-53-51(54-50)40-28-24-37(25-29-40)47-31-41-12-4-6-14-44(41)45-15-7-8-16-46(45)47/h2*1-33H. The fourth-order valence-electron chi connectivity index (χ4n) is 15.1. The van der Waals surface area contributed by atoms with Gasteiger partial charge in [0.1, 0.15) is 0 Å². The number of nitrogens with zero attached hydrogens (tertiary/aromatic N) is 6. The van der Waals surface area contributed by atoms with Gasteiger partial charge in [-0.05, 0) is 147 Å². The van der Waals surface area contributed by atoms with Crippen molar-refractivity contribution < 1.29 is 0 Å². The van der Waals surface area contributed by atoms with Gasteiger partial charge in [-0.3, -0.25) is 9.97 Å². The van der Waals surface area contributed by atoms with Crippen molar-refractivity contribution in [2.24, 2.45) is 0 Å². The summed E-state index contributed by atoms with van der Waals surface area (Å²) in [7, 11) is 0. The van der Waals surface area contributed by atoms with Crippen molar-refractivity contribution >= 4 is 64.9 Å². The van der Waals surface area contributed by atoms with Crippen molar-refractivity contribution in [2.45, 2.75) is 0 Å². The molecule has 6 heteroatoms. The third-order valence-electron chi connectivity index (χ3n) is 20.7. The van der Waals surface area contributed by atoms with Crippen LogP contribution in [0.25, 0.3) is 199 Å². The lowest BCUT2D eigenvalue weighted by molar-refractivity contribution is 1.18. The minimum absolute atomic E-state index is 0.686. The second-order valence-corrected chi connectivity index (χ2v) is 27.3. The fourth-order valence-corrected chi connectivity index (χ4v) is 15.1. The van der Waals surface area contributed by atoms with E-state index in [0.29, 0.717) is 11.6 Å². The molecule has 504 valence electrons. The molecule has 0 N–H and O–H groups in total. The second kappa shape index (κ2) is 28.3. The Hall–Kier alpha value is -14.5. The van der Waals surface area contributed by atoms with Crippen LogP contribution in [-0.2, 0) is 0 Å². The number of pyridine rings is 2. The van der Waals surface area contributed by atoms with Gasteiger partial charge in [0.25, 0.3) is 0 Å². The monoisotopic (exact) mass is 1370 g/mol. The van der Waals surface area contributed by atoms with Gasteiger partial charge in [0.05, 0.1) is 28.1 Å². The minimum atomic E-state index is 0.686. The van der Waals surface area contributed by atoms with E-state index in [2.05, 4.69) is 357 Å². The highest BCUT2D eigenvalue weighted by atomic mass is 14.9. The van der Waals surface area contributed by atoms with Gasteiger partial charge in [0.15, 0.2) is 11.6 Å². The summed E-state index contributed by atoms with van der Waals surface area (Å²) in [6.07, 6.45) is 5.87. The Morgan fingerprint density at radius 1 is 0.157 bits per heavy atom. The average molecular weight is 1380 g/mol. The molecule has 0 unspecified atom stereocenters. The molecule has 6 nitrogen and oxygen atoms in total. The second-order valence-electron chi connectivity index (χ2n) is 27.3. The Labute approximate surface area is 626 Å². The Morgan fingerprint density at radius 3 is 1.13 bits per heavy atom. The van der Waals surface area contributed by atoms with Crippen LogP contribution < -0.4 is 0 Å². The van der Waals surface area contributed by atoms with Crippen molar-refractivity contribution in [3.63, 3.8) is 0 Å². The lowest BCUT2D eigenvalue weighted by Gasteiger charge is -2.14. The van der Waals surface area contributed by atoms with E-state index in [4.69, 9.17) is 24.9 Å². The lowest BCUT2D eigenvalue weighted by atomic mass is 9.93. The molecule has 0 saturated heterocycles. The molecule has 0 bridgehead atoms. The van der Waals surface area contributed by atoms with Crippen molar-refractivity contribution in [2.75, 3.05) is 0 Å². The maximum absolute atomic E-state index is 5.28. The van der Waals surface area contributed by atoms with Crippen molar-refractivity contribution in [3.05, 3.63) is 401 Å². The van der Waals surface area contributed by atoms with Crippen LogP contribution in [0, 0.1) is 0 Å². The molecule has 20 aromatic rings. The zero-order chi connectivity index (χ0) is 71.7. The molecule has 4 aromatic heterocycles. The van der Waals surface area contributed by atoms with Gasteiger partial charge in [-0.15, -0.1) is 0 Å². The number of hydrogen-bond donors (Lipinski definition) is 0. The number of fused-ring (bicyclic) bond motifs is 7. The van der Waals surface area contributed by atoms with Crippen LogP contribution in [0.4, 0.5) is 0 Å². The summed E-state index contributed by atoms with van der Waals surface area (Å²) in [4.78, 5) is 30.1. The molecule has 4 heterocycles. The molecular formula is C102H66N6. The first kappa shape index (κ1) is 64.4. The Bertz CT molecular complexity index is 6750. The summed E-state index contributed by atoms with van der Waals surface area (Å²) in [6, 6.07) is 135. The summed E-state index contributed by atoms with van der Waals surface area (Å²) >= 11 is 0. The van der Waals surface area contributed by atoms with E-state index >= 15 is 0 Å². The highest BCUT2D eigenvalue weighted by Crippen LogP contribution is 2.41. The number of aromatic nitrogens is 6. The van der Waals surface area contributed by atoms with E-state index in [-0.39, 0.29) is 0 Å². The normalized spacial score (nSPS) is 11.3. The van der Waals surface area contributed by atoms with Gasteiger partial charge in [0.2, 0.25) is 0 Å². The first-order valence-electron chi connectivity index (χ1n) is 36.5. The number of hydrogen-bond acceptors (Lipinski definition) is 6. The number of rotatable bonds is 12. The van der Waals surface area contributed by atoms with Crippen LogP contribution in [-0.4, -0.2) is 29.9 Å². The largest absolute Gasteiger partial charge is 0.256 e. The summed E-state index contributed by atoms with van der Waals surface area (Å²) in [6.45, 7) is 0. The highest BCUT2D eigenvalue weighted by Gasteiger charge is 2.19. The fraction of sp³-hybridized carbons (Fsp3) is 0. The maximum Gasteiger partial charge on any atom is 0.160 e. The molecule has 0 fully saturated rings. The van der Waals surface area contributed by atoms with Crippen molar-refractivity contribution in [3.8, 4) is 134 Å². The van der Waals surface area contributed by atoms with Crippen LogP contribution in [0.3, 0.4) is 0 Å². The molecule has 0 saturated carbocycles.